The Labute approximate surface area is 67.1 Å². The molecule has 0 radical (unpaired) electrons. The summed E-state index contributed by atoms with van der Waals surface area (Å²) >= 11 is 0. The molecule has 0 fully saturated rings. The molecule has 0 spiro atoms. The lowest BCUT2D eigenvalue weighted by Crippen LogP contribution is -2.31. The first-order valence-corrected chi connectivity index (χ1v) is 3.51. The summed E-state index contributed by atoms with van der Waals surface area (Å²) in [6, 6.07) is 0. The first-order chi connectivity index (χ1) is 4.83. The van der Waals surface area contributed by atoms with E-state index in [1.54, 1.807) is 6.92 Å². The number of hydrogen-bond acceptors (Lipinski definition) is 2. The molecule has 3 heteroatoms. The Bertz CT molecular complexity index is 177. The van der Waals surface area contributed by atoms with Crippen LogP contribution in [0.3, 0.4) is 0 Å². The maximum Gasteiger partial charge on any atom is 0.332 e. The van der Waals surface area contributed by atoms with E-state index in [0.29, 0.717) is 5.57 Å². The minimum atomic E-state index is -0.887. The summed E-state index contributed by atoms with van der Waals surface area (Å²) in [5.41, 5.74) is 0.247. The normalized spacial score (nSPS) is 12.9. The summed E-state index contributed by atoms with van der Waals surface area (Å²) < 4.78 is 0. The maximum atomic E-state index is 10.3. The Morgan fingerprint density at radius 3 is 2.18 bits per heavy atom. The van der Waals surface area contributed by atoms with Crippen LogP contribution in [0.4, 0.5) is 0 Å². The maximum absolute atomic E-state index is 10.3. The fourth-order valence-electron chi connectivity index (χ4n) is 0.386. The third kappa shape index (κ3) is 5.45. The zero-order chi connectivity index (χ0) is 9.07. The van der Waals surface area contributed by atoms with Gasteiger partial charge in [0.15, 0.2) is 0 Å². The van der Waals surface area contributed by atoms with E-state index in [9.17, 15) is 4.79 Å². The number of carboxylic acid groups (broad SMARTS) is 1. The lowest BCUT2D eigenvalue weighted by molar-refractivity contribution is -0.132. The summed E-state index contributed by atoms with van der Waals surface area (Å²) in [5.74, 6) is -0.887. The minimum absolute atomic E-state index is 0.0727. The summed E-state index contributed by atoms with van der Waals surface area (Å²) in [4.78, 5) is 10.3. The molecule has 0 bridgehead atoms. The molecule has 0 aliphatic heterocycles. The molecule has 0 unspecified atom stereocenters. The number of rotatable bonds is 2. The van der Waals surface area contributed by atoms with Gasteiger partial charge in [0.2, 0.25) is 0 Å². The van der Waals surface area contributed by atoms with Crippen molar-refractivity contribution < 1.29 is 9.90 Å². The van der Waals surface area contributed by atoms with Gasteiger partial charge >= 0.3 is 5.97 Å². The Morgan fingerprint density at radius 1 is 1.45 bits per heavy atom. The van der Waals surface area contributed by atoms with Crippen LogP contribution in [0.5, 0.6) is 0 Å². The molecule has 0 amide bonds. The molecule has 11 heavy (non-hydrogen) atoms. The van der Waals surface area contributed by atoms with E-state index in [0.717, 1.165) is 0 Å². The second kappa shape index (κ2) is 3.42. The van der Waals surface area contributed by atoms with Crippen LogP contribution in [-0.4, -0.2) is 16.6 Å². The van der Waals surface area contributed by atoms with Crippen LogP contribution < -0.4 is 5.32 Å². The molecule has 0 aliphatic carbocycles. The fraction of sp³-hybridized carbons (Fsp3) is 0.625. The largest absolute Gasteiger partial charge is 0.478 e. The molecular weight excluding hydrogens is 142 g/mol. The topological polar surface area (TPSA) is 49.3 Å². The highest BCUT2D eigenvalue weighted by molar-refractivity contribution is 5.85. The second-order valence-corrected chi connectivity index (χ2v) is 3.53. The third-order valence-corrected chi connectivity index (χ3v) is 1.06. The summed E-state index contributed by atoms with van der Waals surface area (Å²) in [6.45, 7) is 7.47. The van der Waals surface area contributed by atoms with Crippen LogP contribution in [0.1, 0.15) is 27.7 Å². The van der Waals surface area contributed by atoms with Crippen molar-refractivity contribution in [3.8, 4) is 0 Å². The van der Waals surface area contributed by atoms with Crippen molar-refractivity contribution in [2.24, 2.45) is 0 Å². The highest BCUT2D eigenvalue weighted by atomic mass is 16.4. The number of aliphatic carboxylic acids is 1. The van der Waals surface area contributed by atoms with Crippen LogP contribution in [0.2, 0.25) is 0 Å². The number of carboxylic acids is 1. The van der Waals surface area contributed by atoms with E-state index >= 15 is 0 Å². The van der Waals surface area contributed by atoms with E-state index in [1.165, 1.54) is 6.20 Å². The molecule has 0 heterocycles. The second-order valence-electron chi connectivity index (χ2n) is 3.53. The van der Waals surface area contributed by atoms with E-state index < -0.39 is 5.97 Å². The van der Waals surface area contributed by atoms with Gasteiger partial charge < -0.3 is 10.4 Å². The van der Waals surface area contributed by atoms with Crippen molar-refractivity contribution in [2.45, 2.75) is 33.2 Å². The van der Waals surface area contributed by atoms with E-state index in [4.69, 9.17) is 5.11 Å². The van der Waals surface area contributed by atoms with Crippen molar-refractivity contribution in [1.29, 1.82) is 0 Å². The van der Waals surface area contributed by atoms with Crippen LogP contribution in [0, 0.1) is 0 Å². The van der Waals surface area contributed by atoms with Crippen molar-refractivity contribution in [2.75, 3.05) is 0 Å². The van der Waals surface area contributed by atoms with Crippen molar-refractivity contribution in [3.05, 3.63) is 11.8 Å². The molecule has 0 aromatic carbocycles. The fourth-order valence-corrected chi connectivity index (χ4v) is 0.386. The van der Waals surface area contributed by atoms with Gasteiger partial charge in [0.1, 0.15) is 0 Å². The number of carbonyl (C=O) groups is 1. The first kappa shape index (κ1) is 10.0. The van der Waals surface area contributed by atoms with Crippen molar-refractivity contribution in [3.63, 3.8) is 0 Å². The smallest absolute Gasteiger partial charge is 0.332 e. The van der Waals surface area contributed by atoms with E-state index in [2.05, 4.69) is 5.32 Å². The first-order valence-electron chi connectivity index (χ1n) is 3.51. The molecule has 0 aromatic heterocycles. The highest BCUT2D eigenvalue weighted by Crippen LogP contribution is 1.99. The van der Waals surface area contributed by atoms with Gasteiger partial charge in [0.25, 0.3) is 0 Å². The third-order valence-electron chi connectivity index (χ3n) is 1.06. The van der Waals surface area contributed by atoms with Crippen LogP contribution in [0.15, 0.2) is 11.8 Å². The standard InChI is InChI=1S/C8H15NO2/c1-6(7(10)11)5-9-8(2,3)4/h5,9H,1-4H3,(H,10,11). The molecule has 0 aliphatic rings. The van der Waals surface area contributed by atoms with E-state index in [1.807, 2.05) is 20.8 Å². The summed E-state index contributed by atoms with van der Waals surface area (Å²) in [5, 5.41) is 11.4. The Kier molecular flexibility index (Phi) is 3.11. The zero-order valence-electron chi connectivity index (χ0n) is 7.43. The molecular formula is C8H15NO2. The van der Waals surface area contributed by atoms with Gasteiger partial charge in [-0.2, -0.15) is 0 Å². The van der Waals surface area contributed by atoms with Gasteiger partial charge in [-0.05, 0) is 27.7 Å². The van der Waals surface area contributed by atoms with Gasteiger partial charge in [-0.3, -0.25) is 0 Å². The molecule has 3 nitrogen and oxygen atoms in total. The Balaban J connectivity index is 4.04. The average Bonchev–Trinajstić information content (AvgIpc) is 1.80. The predicted molar refractivity (Wildman–Crippen MR) is 44.3 cm³/mol. The van der Waals surface area contributed by atoms with Gasteiger partial charge in [-0.1, -0.05) is 0 Å². The van der Waals surface area contributed by atoms with Gasteiger partial charge in [-0.15, -0.1) is 0 Å². The highest BCUT2D eigenvalue weighted by Gasteiger charge is 2.07. The van der Waals surface area contributed by atoms with Crippen LogP contribution in [0.25, 0.3) is 0 Å². The van der Waals surface area contributed by atoms with Crippen LogP contribution in [-0.2, 0) is 4.79 Å². The van der Waals surface area contributed by atoms with Gasteiger partial charge in [0.05, 0.1) is 0 Å². The lowest BCUT2D eigenvalue weighted by atomic mass is 10.1. The van der Waals surface area contributed by atoms with Gasteiger partial charge in [-0.25, -0.2) is 4.79 Å². The van der Waals surface area contributed by atoms with E-state index in [-0.39, 0.29) is 5.54 Å². The SMILES string of the molecule is CC(=CNC(C)(C)C)C(=O)O. The summed E-state index contributed by atoms with van der Waals surface area (Å²) in [6.07, 6.45) is 1.52. The average molecular weight is 157 g/mol. The lowest BCUT2D eigenvalue weighted by Gasteiger charge is -2.18. The van der Waals surface area contributed by atoms with Crippen molar-refractivity contribution in [1.82, 2.24) is 5.32 Å². The molecule has 0 aromatic rings. The zero-order valence-corrected chi connectivity index (χ0v) is 7.43. The number of nitrogens with one attached hydrogen (secondary N) is 1. The van der Waals surface area contributed by atoms with Crippen LogP contribution >= 0.6 is 0 Å². The Hall–Kier alpha value is -0.990. The molecule has 2 N–H and O–H groups in total. The monoisotopic (exact) mass is 157 g/mol. The minimum Gasteiger partial charge on any atom is -0.478 e. The molecule has 0 atom stereocenters. The molecule has 0 rings (SSSR count). The molecule has 0 saturated carbocycles. The Morgan fingerprint density at radius 2 is 1.91 bits per heavy atom. The molecule has 64 valence electrons. The number of hydrogen-bond donors (Lipinski definition) is 2. The van der Waals surface area contributed by atoms with Crippen molar-refractivity contribution >= 4 is 5.97 Å². The quantitative estimate of drug-likeness (QED) is 0.595. The predicted octanol–water partition coefficient (Wildman–Crippen LogP) is 1.36. The van der Waals surface area contributed by atoms with Gasteiger partial charge in [0, 0.05) is 17.3 Å². The summed E-state index contributed by atoms with van der Waals surface area (Å²) in [7, 11) is 0. The molecule has 0 saturated heterocycles.